The second kappa shape index (κ2) is 7.59. The van der Waals surface area contributed by atoms with Crippen LogP contribution in [0.4, 0.5) is 4.39 Å². The first-order chi connectivity index (χ1) is 13.9. The van der Waals surface area contributed by atoms with E-state index in [9.17, 15) is 9.18 Å². The SMILES string of the molecule is CC(C)c1noc(-c2ccn3c(CNC(=O)c4ccc(F)cc4Cl)nnc3c2)n1. The van der Waals surface area contributed by atoms with Gasteiger partial charge in [0.15, 0.2) is 17.3 Å². The zero-order chi connectivity index (χ0) is 20.5. The number of benzene rings is 1. The first-order valence-electron chi connectivity index (χ1n) is 8.83. The van der Waals surface area contributed by atoms with E-state index in [1.165, 1.54) is 12.1 Å². The Hall–Kier alpha value is -3.33. The van der Waals surface area contributed by atoms with Crippen LogP contribution in [0, 0.1) is 5.82 Å². The van der Waals surface area contributed by atoms with Crippen molar-refractivity contribution in [2.24, 2.45) is 0 Å². The molecule has 3 heterocycles. The minimum Gasteiger partial charge on any atom is -0.345 e. The predicted octanol–water partition coefficient (Wildman–Crippen LogP) is 3.63. The Labute approximate surface area is 169 Å². The van der Waals surface area contributed by atoms with Crippen LogP contribution >= 0.6 is 11.6 Å². The van der Waals surface area contributed by atoms with Gasteiger partial charge in [0, 0.05) is 17.7 Å². The monoisotopic (exact) mass is 414 g/mol. The molecule has 1 N–H and O–H groups in total. The van der Waals surface area contributed by atoms with Crippen LogP contribution < -0.4 is 5.32 Å². The summed E-state index contributed by atoms with van der Waals surface area (Å²) in [4.78, 5) is 16.7. The van der Waals surface area contributed by atoms with Gasteiger partial charge in [-0.2, -0.15) is 4.98 Å². The number of nitrogens with zero attached hydrogens (tertiary/aromatic N) is 5. The molecule has 0 atom stereocenters. The minimum atomic E-state index is -0.507. The quantitative estimate of drug-likeness (QED) is 0.535. The van der Waals surface area contributed by atoms with Gasteiger partial charge in [0.2, 0.25) is 0 Å². The Bertz CT molecular complexity index is 1200. The second-order valence-electron chi connectivity index (χ2n) is 6.68. The molecule has 0 aliphatic carbocycles. The maximum absolute atomic E-state index is 13.1. The molecule has 0 saturated heterocycles. The lowest BCUT2D eigenvalue weighted by Crippen LogP contribution is -2.24. The Morgan fingerprint density at radius 3 is 2.83 bits per heavy atom. The van der Waals surface area contributed by atoms with E-state index in [4.69, 9.17) is 16.1 Å². The molecule has 3 aromatic heterocycles. The molecule has 0 aliphatic rings. The van der Waals surface area contributed by atoms with Gasteiger partial charge in [-0.05, 0) is 30.3 Å². The zero-order valence-electron chi connectivity index (χ0n) is 15.6. The summed E-state index contributed by atoms with van der Waals surface area (Å²) < 4.78 is 20.2. The van der Waals surface area contributed by atoms with Crippen molar-refractivity contribution in [2.45, 2.75) is 26.3 Å². The Morgan fingerprint density at radius 1 is 1.28 bits per heavy atom. The Kier molecular flexibility index (Phi) is 4.98. The lowest BCUT2D eigenvalue weighted by Gasteiger charge is -2.06. The van der Waals surface area contributed by atoms with Crippen LogP contribution in [0.1, 0.15) is 41.8 Å². The summed E-state index contributed by atoms with van der Waals surface area (Å²) in [6.45, 7) is 4.08. The number of rotatable bonds is 5. The number of carbonyl (C=O) groups is 1. The molecule has 4 rings (SSSR count). The average molecular weight is 415 g/mol. The second-order valence-corrected chi connectivity index (χ2v) is 7.09. The number of hydrogen-bond donors (Lipinski definition) is 1. The summed E-state index contributed by atoms with van der Waals surface area (Å²) in [6, 6.07) is 7.17. The van der Waals surface area contributed by atoms with E-state index in [1.807, 2.05) is 13.8 Å². The van der Waals surface area contributed by atoms with Crippen molar-refractivity contribution in [2.75, 3.05) is 0 Å². The van der Waals surface area contributed by atoms with E-state index in [0.29, 0.717) is 23.2 Å². The molecule has 29 heavy (non-hydrogen) atoms. The van der Waals surface area contributed by atoms with Gasteiger partial charge < -0.3 is 9.84 Å². The lowest BCUT2D eigenvalue weighted by molar-refractivity contribution is 0.0950. The van der Waals surface area contributed by atoms with Gasteiger partial charge in [-0.3, -0.25) is 9.20 Å². The molecule has 0 radical (unpaired) electrons. The molecule has 0 fully saturated rings. The number of pyridine rings is 1. The average Bonchev–Trinajstić information content (AvgIpc) is 3.33. The fourth-order valence-corrected chi connectivity index (χ4v) is 2.96. The van der Waals surface area contributed by atoms with Crippen LogP contribution in [0.15, 0.2) is 41.1 Å². The fourth-order valence-electron chi connectivity index (χ4n) is 2.71. The molecule has 0 saturated carbocycles. The first-order valence-corrected chi connectivity index (χ1v) is 9.21. The van der Waals surface area contributed by atoms with Gasteiger partial charge in [0.1, 0.15) is 5.82 Å². The standard InChI is InChI=1S/C19H16ClFN6O2/c1-10(2)17-23-19(29-26-17)11-5-6-27-15(7-11)24-25-16(27)9-22-18(28)13-4-3-12(21)8-14(13)20/h3-8,10H,9H2,1-2H3,(H,22,28). The van der Waals surface area contributed by atoms with Gasteiger partial charge in [0.25, 0.3) is 11.8 Å². The number of fused-ring (bicyclic) bond motifs is 1. The van der Waals surface area contributed by atoms with Gasteiger partial charge in [-0.1, -0.05) is 30.6 Å². The van der Waals surface area contributed by atoms with Gasteiger partial charge in [0.05, 0.1) is 17.1 Å². The van der Waals surface area contributed by atoms with Crippen LogP contribution in [0.2, 0.25) is 5.02 Å². The van der Waals surface area contributed by atoms with Crippen molar-refractivity contribution in [3.8, 4) is 11.5 Å². The molecule has 0 unspecified atom stereocenters. The number of hydrogen-bond acceptors (Lipinski definition) is 6. The zero-order valence-corrected chi connectivity index (χ0v) is 16.3. The topological polar surface area (TPSA) is 98.2 Å². The summed E-state index contributed by atoms with van der Waals surface area (Å²) in [5.74, 6) is 0.771. The van der Waals surface area contributed by atoms with Crippen LogP contribution in [0.3, 0.4) is 0 Å². The third-order valence-electron chi connectivity index (χ3n) is 4.27. The maximum atomic E-state index is 13.1. The third kappa shape index (κ3) is 3.81. The highest BCUT2D eigenvalue weighted by Crippen LogP contribution is 2.21. The minimum absolute atomic E-state index is 0.0403. The molecule has 0 aliphatic heterocycles. The molecule has 4 aromatic rings. The highest BCUT2D eigenvalue weighted by molar-refractivity contribution is 6.33. The summed E-state index contributed by atoms with van der Waals surface area (Å²) in [7, 11) is 0. The first kappa shape index (κ1) is 19.0. The van der Waals surface area contributed by atoms with E-state index in [-0.39, 0.29) is 23.0 Å². The van der Waals surface area contributed by atoms with Crippen molar-refractivity contribution in [1.29, 1.82) is 0 Å². The summed E-state index contributed by atoms with van der Waals surface area (Å²) >= 11 is 5.92. The summed E-state index contributed by atoms with van der Waals surface area (Å²) in [6.07, 6.45) is 1.76. The van der Waals surface area contributed by atoms with E-state index in [2.05, 4.69) is 25.7 Å². The van der Waals surface area contributed by atoms with E-state index in [1.54, 1.807) is 22.7 Å². The Morgan fingerprint density at radius 2 is 2.10 bits per heavy atom. The molecular formula is C19H16ClFN6O2. The molecule has 1 amide bonds. The molecule has 148 valence electrons. The van der Waals surface area contributed by atoms with Crippen LogP contribution in [-0.4, -0.2) is 30.6 Å². The van der Waals surface area contributed by atoms with Crippen molar-refractivity contribution in [3.63, 3.8) is 0 Å². The van der Waals surface area contributed by atoms with Crippen LogP contribution in [0.5, 0.6) is 0 Å². The van der Waals surface area contributed by atoms with E-state index >= 15 is 0 Å². The molecule has 0 bridgehead atoms. The predicted molar refractivity (Wildman–Crippen MR) is 103 cm³/mol. The molecule has 8 nitrogen and oxygen atoms in total. The highest BCUT2D eigenvalue weighted by Gasteiger charge is 2.15. The van der Waals surface area contributed by atoms with E-state index < -0.39 is 11.7 Å². The number of halogens is 2. The Balaban J connectivity index is 1.52. The van der Waals surface area contributed by atoms with Gasteiger partial charge >= 0.3 is 0 Å². The summed E-state index contributed by atoms with van der Waals surface area (Å²) in [5, 5.41) is 14.9. The highest BCUT2D eigenvalue weighted by atomic mass is 35.5. The molecular weight excluding hydrogens is 399 g/mol. The van der Waals surface area contributed by atoms with Crippen molar-refractivity contribution in [1.82, 2.24) is 30.1 Å². The smallest absolute Gasteiger partial charge is 0.258 e. The van der Waals surface area contributed by atoms with Crippen molar-refractivity contribution in [3.05, 3.63) is 64.6 Å². The number of carbonyl (C=O) groups excluding carboxylic acids is 1. The maximum Gasteiger partial charge on any atom is 0.258 e. The normalized spacial score (nSPS) is 11.3. The largest absolute Gasteiger partial charge is 0.345 e. The van der Waals surface area contributed by atoms with Crippen LogP contribution in [0.25, 0.3) is 17.1 Å². The fraction of sp³-hybridized carbons (Fsp3) is 0.211. The molecule has 1 aromatic carbocycles. The molecule has 10 heteroatoms. The van der Waals surface area contributed by atoms with Gasteiger partial charge in [-0.15, -0.1) is 10.2 Å². The van der Waals surface area contributed by atoms with Crippen molar-refractivity contribution >= 4 is 23.2 Å². The van der Waals surface area contributed by atoms with E-state index in [0.717, 1.165) is 11.6 Å². The van der Waals surface area contributed by atoms with Gasteiger partial charge in [-0.25, -0.2) is 4.39 Å². The number of aromatic nitrogens is 5. The number of nitrogens with one attached hydrogen (secondary N) is 1. The number of amides is 1. The van der Waals surface area contributed by atoms with Crippen LogP contribution in [-0.2, 0) is 6.54 Å². The molecule has 0 spiro atoms. The van der Waals surface area contributed by atoms with Crippen molar-refractivity contribution < 1.29 is 13.7 Å². The summed E-state index contributed by atoms with van der Waals surface area (Å²) in [5.41, 5.74) is 1.47. The lowest BCUT2D eigenvalue weighted by atomic mass is 10.2. The third-order valence-corrected chi connectivity index (χ3v) is 4.58.